The maximum atomic E-state index is 12.0. The summed E-state index contributed by atoms with van der Waals surface area (Å²) in [5, 5.41) is 12.3. The van der Waals surface area contributed by atoms with Crippen LogP contribution in [-0.4, -0.2) is 16.0 Å². The van der Waals surface area contributed by atoms with Gasteiger partial charge in [-0.3, -0.25) is 9.78 Å². The van der Waals surface area contributed by atoms with Crippen LogP contribution in [0.1, 0.15) is 15.9 Å². The Balaban J connectivity index is 2.27. The van der Waals surface area contributed by atoms with E-state index in [1.807, 2.05) is 25.1 Å². The van der Waals surface area contributed by atoms with Gasteiger partial charge >= 0.3 is 0 Å². The zero-order valence-electron chi connectivity index (χ0n) is 9.64. The Kier molecular flexibility index (Phi) is 3.62. The van der Waals surface area contributed by atoms with E-state index in [9.17, 15) is 9.90 Å². The first-order chi connectivity index (χ1) is 8.58. The lowest BCUT2D eigenvalue weighted by Crippen LogP contribution is -2.12. The van der Waals surface area contributed by atoms with Crippen molar-refractivity contribution in [3.63, 3.8) is 0 Å². The Hall–Kier alpha value is -1.88. The van der Waals surface area contributed by atoms with Crippen LogP contribution in [0.15, 0.2) is 41.1 Å². The highest BCUT2D eigenvalue weighted by Crippen LogP contribution is 2.25. The monoisotopic (exact) mass is 306 g/mol. The molecule has 0 aliphatic rings. The molecular formula is C13H11BrN2O2. The summed E-state index contributed by atoms with van der Waals surface area (Å²) in [4.78, 5) is 15.7. The maximum Gasteiger partial charge on any atom is 0.259 e. The van der Waals surface area contributed by atoms with E-state index in [-0.39, 0.29) is 17.2 Å². The molecule has 0 aliphatic carbocycles. The molecule has 1 aromatic heterocycles. The highest BCUT2D eigenvalue weighted by atomic mass is 79.9. The third-order valence-electron chi connectivity index (χ3n) is 2.41. The normalized spacial score (nSPS) is 10.1. The van der Waals surface area contributed by atoms with Crippen LogP contribution in [0.25, 0.3) is 0 Å². The zero-order valence-corrected chi connectivity index (χ0v) is 11.2. The van der Waals surface area contributed by atoms with E-state index in [4.69, 9.17) is 0 Å². The molecular weight excluding hydrogens is 296 g/mol. The molecule has 18 heavy (non-hydrogen) atoms. The Morgan fingerprint density at radius 2 is 2.17 bits per heavy atom. The number of aryl methyl sites for hydroxylation is 1. The van der Waals surface area contributed by atoms with E-state index in [2.05, 4.69) is 26.2 Å². The van der Waals surface area contributed by atoms with Crippen LogP contribution in [-0.2, 0) is 0 Å². The number of aromatic nitrogens is 1. The minimum atomic E-state index is -0.374. The van der Waals surface area contributed by atoms with Gasteiger partial charge < -0.3 is 10.4 Å². The molecule has 2 aromatic rings. The summed E-state index contributed by atoms with van der Waals surface area (Å²) in [7, 11) is 0. The molecule has 4 nitrogen and oxygen atoms in total. The van der Waals surface area contributed by atoms with Crippen molar-refractivity contribution in [1.29, 1.82) is 0 Å². The molecule has 0 unspecified atom stereocenters. The van der Waals surface area contributed by atoms with Crippen LogP contribution in [0.5, 0.6) is 5.75 Å². The Morgan fingerprint density at radius 1 is 1.39 bits per heavy atom. The second kappa shape index (κ2) is 5.18. The number of amides is 1. The first-order valence-corrected chi connectivity index (χ1v) is 6.07. The van der Waals surface area contributed by atoms with Gasteiger partial charge in [-0.15, -0.1) is 0 Å². The Morgan fingerprint density at radius 3 is 2.89 bits per heavy atom. The number of halogens is 1. The molecule has 2 rings (SSSR count). The zero-order chi connectivity index (χ0) is 13.1. The molecule has 0 saturated carbocycles. The van der Waals surface area contributed by atoms with Gasteiger partial charge in [0.2, 0.25) is 0 Å². The predicted molar refractivity (Wildman–Crippen MR) is 72.7 cm³/mol. The molecule has 0 saturated heterocycles. The van der Waals surface area contributed by atoms with Crippen LogP contribution in [0.4, 0.5) is 5.69 Å². The lowest BCUT2D eigenvalue weighted by molar-refractivity contribution is 0.102. The van der Waals surface area contributed by atoms with Crippen molar-refractivity contribution in [3.05, 3.63) is 52.3 Å². The highest BCUT2D eigenvalue weighted by molar-refractivity contribution is 9.10. The number of rotatable bonds is 2. The van der Waals surface area contributed by atoms with Crippen LogP contribution >= 0.6 is 15.9 Å². The average molecular weight is 307 g/mol. The lowest BCUT2D eigenvalue weighted by Gasteiger charge is -2.09. The van der Waals surface area contributed by atoms with Crippen molar-refractivity contribution in [2.45, 2.75) is 6.92 Å². The largest absolute Gasteiger partial charge is 0.505 e. The second-order valence-corrected chi connectivity index (χ2v) is 4.68. The van der Waals surface area contributed by atoms with E-state index in [1.165, 1.54) is 18.5 Å². The van der Waals surface area contributed by atoms with Crippen LogP contribution < -0.4 is 5.32 Å². The van der Waals surface area contributed by atoms with Gasteiger partial charge in [0.25, 0.3) is 5.91 Å². The van der Waals surface area contributed by atoms with Gasteiger partial charge in [-0.05, 0) is 46.6 Å². The van der Waals surface area contributed by atoms with E-state index in [0.717, 1.165) is 10.0 Å². The van der Waals surface area contributed by atoms with Crippen LogP contribution in [0.2, 0.25) is 0 Å². The number of aromatic hydroxyl groups is 1. The number of carbonyl (C=O) groups is 1. The SMILES string of the molecule is Cc1ccc(Br)c(NC(=O)c2ccncc2O)c1. The summed E-state index contributed by atoms with van der Waals surface area (Å²) < 4.78 is 0.787. The summed E-state index contributed by atoms with van der Waals surface area (Å²) in [6.45, 7) is 1.94. The van der Waals surface area contributed by atoms with Gasteiger partial charge in [0.05, 0.1) is 17.4 Å². The predicted octanol–water partition coefficient (Wildman–Crippen LogP) is 3.11. The average Bonchev–Trinajstić information content (AvgIpc) is 2.34. The summed E-state index contributed by atoms with van der Waals surface area (Å²) in [5.74, 6) is -0.514. The van der Waals surface area contributed by atoms with E-state index < -0.39 is 0 Å². The quantitative estimate of drug-likeness (QED) is 0.896. The number of nitrogens with one attached hydrogen (secondary N) is 1. The molecule has 0 radical (unpaired) electrons. The number of anilines is 1. The second-order valence-electron chi connectivity index (χ2n) is 3.83. The van der Waals surface area contributed by atoms with Gasteiger partial charge in [0, 0.05) is 10.7 Å². The third kappa shape index (κ3) is 2.68. The van der Waals surface area contributed by atoms with Crippen molar-refractivity contribution >= 4 is 27.5 Å². The van der Waals surface area contributed by atoms with Gasteiger partial charge in [0.15, 0.2) is 0 Å². The van der Waals surface area contributed by atoms with Crippen molar-refractivity contribution in [2.75, 3.05) is 5.32 Å². The summed E-state index contributed by atoms with van der Waals surface area (Å²) in [6.07, 6.45) is 2.69. The first-order valence-electron chi connectivity index (χ1n) is 5.28. The fraction of sp³-hybridized carbons (Fsp3) is 0.0769. The first kappa shape index (κ1) is 12.6. The fourth-order valence-electron chi connectivity index (χ4n) is 1.50. The van der Waals surface area contributed by atoms with Crippen LogP contribution in [0.3, 0.4) is 0 Å². The molecule has 1 heterocycles. The topological polar surface area (TPSA) is 62.2 Å². The third-order valence-corrected chi connectivity index (χ3v) is 3.11. The molecule has 5 heteroatoms. The lowest BCUT2D eigenvalue weighted by atomic mass is 10.2. The molecule has 0 bridgehead atoms. The molecule has 2 N–H and O–H groups in total. The van der Waals surface area contributed by atoms with Gasteiger partial charge in [-0.1, -0.05) is 6.07 Å². The number of carbonyl (C=O) groups excluding carboxylic acids is 1. The van der Waals surface area contributed by atoms with Crippen molar-refractivity contribution in [2.24, 2.45) is 0 Å². The molecule has 0 spiro atoms. The van der Waals surface area contributed by atoms with Crippen molar-refractivity contribution < 1.29 is 9.90 Å². The number of hydrogen-bond acceptors (Lipinski definition) is 3. The van der Waals surface area contributed by atoms with Gasteiger partial charge in [0.1, 0.15) is 5.75 Å². The summed E-state index contributed by atoms with van der Waals surface area (Å²) in [5.41, 5.74) is 1.89. The number of hydrogen-bond donors (Lipinski definition) is 2. The number of pyridine rings is 1. The molecule has 92 valence electrons. The van der Waals surface area contributed by atoms with Gasteiger partial charge in [-0.2, -0.15) is 0 Å². The Labute approximate surface area is 113 Å². The summed E-state index contributed by atoms with van der Waals surface area (Å²) >= 11 is 3.36. The van der Waals surface area contributed by atoms with Gasteiger partial charge in [-0.25, -0.2) is 0 Å². The maximum absolute atomic E-state index is 12.0. The smallest absolute Gasteiger partial charge is 0.259 e. The van der Waals surface area contributed by atoms with E-state index in [0.29, 0.717) is 5.69 Å². The Bertz CT molecular complexity index is 599. The number of nitrogens with zero attached hydrogens (tertiary/aromatic N) is 1. The molecule has 0 atom stereocenters. The summed E-state index contributed by atoms with van der Waals surface area (Å²) in [6, 6.07) is 7.11. The highest BCUT2D eigenvalue weighted by Gasteiger charge is 2.12. The van der Waals surface area contributed by atoms with E-state index >= 15 is 0 Å². The van der Waals surface area contributed by atoms with Crippen molar-refractivity contribution in [1.82, 2.24) is 4.98 Å². The minimum Gasteiger partial charge on any atom is -0.505 e. The molecule has 0 fully saturated rings. The molecule has 1 amide bonds. The van der Waals surface area contributed by atoms with E-state index in [1.54, 1.807) is 0 Å². The molecule has 1 aromatic carbocycles. The number of benzene rings is 1. The van der Waals surface area contributed by atoms with Crippen LogP contribution in [0, 0.1) is 6.92 Å². The van der Waals surface area contributed by atoms with Crippen molar-refractivity contribution in [3.8, 4) is 5.75 Å². The molecule has 0 aliphatic heterocycles. The fourth-order valence-corrected chi connectivity index (χ4v) is 1.85. The standard InChI is InChI=1S/C13H11BrN2O2/c1-8-2-3-10(14)11(6-8)16-13(18)9-4-5-15-7-12(9)17/h2-7,17H,1H3,(H,16,18). The minimum absolute atomic E-state index is 0.140.